The molecule has 1 saturated carbocycles. The van der Waals surface area contributed by atoms with Crippen LogP contribution in [0.4, 0.5) is 22.0 Å². The Bertz CT molecular complexity index is 1600. The Balaban J connectivity index is 1.22. The van der Waals surface area contributed by atoms with Gasteiger partial charge in [0.15, 0.2) is 5.82 Å². The number of hydrogen-bond acceptors (Lipinski definition) is 7. The fourth-order valence-corrected chi connectivity index (χ4v) is 5.31. The van der Waals surface area contributed by atoms with Crippen LogP contribution < -0.4 is 16.4 Å². The molecule has 39 heavy (non-hydrogen) atoms. The van der Waals surface area contributed by atoms with E-state index in [2.05, 4.69) is 50.1 Å². The second-order valence-corrected chi connectivity index (χ2v) is 10.0. The monoisotopic (exact) mass is 524 g/mol. The summed E-state index contributed by atoms with van der Waals surface area (Å²) in [5.41, 5.74) is 11.5. The molecule has 0 radical (unpaired) electrons. The average Bonchev–Trinajstić information content (AvgIpc) is 3.51. The van der Waals surface area contributed by atoms with Crippen molar-refractivity contribution in [2.24, 2.45) is 5.73 Å². The molecule has 0 unspecified atom stereocenters. The van der Waals surface area contributed by atoms with Crippen molar-refractivity contribution in [3.05, 3.63) is 78.4 Å². The first-order valence-corrected chi connectivity index (χ1v) is 13.4. The molecule has 3 heterocycles. The highest BCUT2D eigenvalue weighted by atomic mass is 16.6. The lowest BCUT2D eigenvalue weighted by molar-refractivity contribution is 0.0826. The van der Waals surface area contributed by atoms with Gasteiger partial charge in [0.2, 0.25) is 0 Å². The van der Waals surface area contributed by atoms with Crippen LogP contribution in [0.3, 0.4) is 0 Å². The Labute approximate surface area is 226 Å². The second-order valence-electron chi connectivity index (χ2n) is 10.0. The van der Waals surface area contributed by atoms with Gasteiger partial charge in [0.25, 0.3) is 0 Å². The Kier molecular flexibility index (Phi) is 6.85. The lowest BCUT2D eigenvalue weighted by atomic mass is 9.94. The molecule has 200 valence electrons. The fourth-order valence-electron chi connectivity index (χ4n) is 5.31. The minimum absolute atomic E-state index is 0.101. The van der Waals surface area contributed by atoms with Crippen LogP contribution in [0.15, 0.2) is 67.3 Å². The first-order valence-electron chi connectivity index (χ1n) is 13.4. The molecule has 0 bridgehead atoms. The number of carbonyl (C=O) groups is 1. The van der Waals surface area contributed by atoms with Gasteiger partial charge in [-0.25, -0.2) is 14.3 Å². The molecule has 0 aliphatic heterocycles. The third-order valence-corrected chi connectivity index (χ3v) is 7.34. The van der Waals surface area contributed by atoms with Gasteiger partial charge in [0.05, 0.1) is 30.1 Å². The van der Waals surface area contributed by atoms with Crippen molar-refractivity contribution in [1.29, 1.82) is 0 Å². The van der Waals surface area contributed by atoms with Crippen molar-refractivity contribution in [2.75, 3.05) is 10.6 Å². The lowest BCUT2D eigenvalue weighted by Gasteiger charge is -2.25. The van der Waals surface area contributed by atoms with Crippen molar-refractivity contribution in [3.63, 3.8) is 0 Å². The number of fused-ring (bicyclic) bond motifs is 2. The Morgan fingerprint density at radius 1 is 1.10 bits per heavy atom. The maximum Gasteiger partial charge on any atom is 0.411 e. The van der Waals surface area contributed by atoms with Crippen LogP contribution in [0.2, 0.25) is 0 Å². The summed E-state index contributed by atoms with van der Waals surface area (Å²) >= 11 is 0. The van der Waals surface area contributed by atoms with Gasteiger partial charge in [-0.3, -0.25) is 10.00 Å². The lowest BCUT2D eigenvalue weighted by Crippen LogP contribution is -2.32. The zero-order chi connectivity index (χ0) is 26.8. The largest absolute Gasteiger partial charge is 0.446 e. The summed E-state index contributed by atoms with van der Waals surface area (Å²) < 4.78 is 9.41. The molecule has 0 saturated heterocycles. The van der Waals surface area contributed by atoms with Gasteiger partial charge in [-0.2, -0.15) is 10.2 Å². The van der Waals surface area contributed by atoms with Crippen LogP contribution in [0.5, 0.6) is 0 Å². The van der Waals surface area contributed by atoms with E-state index in [9.17, 15) is 4.79 Å². The van der Waals surface area contributed by atoms with E-state index in [0.29, 0.717) is 24.5 Å². The number of benzene rings is 2. The number of hydrogen-bond donors (Lipinski definition) is 3. The van der Waals surface area contributed by atoms with Crippen molar-refractivity contribution in [2.45, 2.75) is 57.7 Å². The zero-order valence-corrected chi connectivity index (χ0v) is 21.9. The number of nitrogens with two attached hydrogens (primary N) is 1. The summed E-state index contributed by atoms with van der Waals surface area (Å²) in [6, 6.07) is 16.6. The summed E-state index contributed by atoms with van der Waals surface area (Å²) in [6.45, 7) is 2.75. The molecule has 5 aromatic rings. The number of rotatable bonds is 7. The van der Waals surface area contributed by atoms with E-state index in [4.69, 9.17) is 10.5 Å². The number of amides is 1. The van der Waals surface area contributed by atoms with E-state index in [-0.39, 0.29) is 12.1 Å². The van der Waals surface area contributed by atoms with E-state index < -0.39 is 6.09 Å². The van der Waals surface area contributed by atoms with Crippen LogP contribution in [-0.2, 0) is 17.7 Å². The van der Waals surface area contributed by atoms with Crippen LogP contribution in [0, 0.1) is 0 Å². The zero-order valence-electron chi connectivity index (χ0n) is 21.9. The molecule has 10 nitrogen and oxygen atoms in total. The molecule has 1 fully saturated rings. The summed E-state index contributed by atoms with van der Waals surface area (Å²) in [5.74, 6) is 0.653. The highest BCUT2D eigenvalue weighted by Gasteiger charge is 2.23. The van der Waals surface area contributed by atoms with Crippen LogP contribution in [0.25, 0.3) is 16.4 Å². The molecule has 10 heteroatoms. The molecule has 1 amide bonds. The first-order chi connectivity index (χ1) is 19.1. The first kappa shape index (κ1) is 24.9. The van der Waals surface area contributed by atoms with Crippen LogP contribution >= 0.6 is 0 Å². The van der Waals surface area contributed by atoms with E-state index >= 15 is 0 Å². The van der Waals surface area contributed by atoms with E-state index in [1.807, 2.05) is 42.1 Å². The van der Waals surface area contributed by atoms with Crippen molar-refractivity contribution in [1.82, 2.24) is 24.4 Å². The van der Waals surface area contributed by atoms with Gasteiger partial charge < -0.3 is 15.8 Å². The standard InChI is InChI=1S/C29H32N8O2/c1-2-24-25(35-29(38)39-23-11-8-21(30)9-12-23)17-37-27(24)28(31-18-33-37)34-22-10-13-26-20(14-22)15-32-36(26)16-19-6-4-3-5-7-19/h3-7,10,13-15,17-18,21,23H,2,8-9,11-12,16,30H2,1H3,(H,35,38)(H,31,33,34). The summed E-state index contributed by atoms with van der Waals surface area (Å²) in [7, 11) is 0. The maximum absolute atomic E-state index is 12.7. The van der Waals surface area contributed by atoms with Gasteiger partial charge in [0.1, 0.15) is 17.9 Å². The van der Waals surface area contributed by atoms with Crippen molar-refractivity contribution < 1.29 is 9.53 Å². The fraction of sp³-hybridized carbons (Fsp3) is 0.310. The smallest absolute Gasteiger partial charge is 0.411 e. The predicted molar refractivity (Wildman–Crippen MR) is 151 cm³/mol. The number of nitrogens with zero attached hydrogens (tertiary/aromatic N) is 5. The molecule has 0 atom stereocenters. The molecule has 4 N–H and O–H groups in total. The molecule has 1 aliphatic carbocycles. The summed E-state index contributed by atoms with van der Waals surface area (Å²) in [5, 5.41) is 16.4. The molecule has 0 spiro atoms. The average molecular weight is 525 g/mol. The Morgan fingerprint density at radius 2 is 1.92 bits per heavy atom. The number of nitrogens with one attached hydrogen (secondary N) is 2. The van der Waals surface area contributed by atoms with Crippen LogP contribution in [-0.4, -0.2) is 42.6 Å². The van der Waals surface area contributed by atoms with E-state index in [0.717, 1.165) is 53.4 Å². The number of anilines is 3. The number of carbonyl (C=O) groups excluding carboxylic acids is 1. The normalized spacial score (nSPS) is 17.4. The van der Waals surface area contributed by atoms with Crippen molar-refractivity contribution in [3.8, 4) is 0 Å². The quantitative estimate of drug-likeness (QED) is 0.265. The highest BCUT2D eigenvalue weighted by molar-refractivity contribution is 5.91. The third kappa shape index (κ3) is 5.28. The molecular formula is C29H32N8O2. The number of ether oxygens (including phenoxy) is 1. The third-order valence-electron chi connectivity index (χ3n) is 7.34. The van der Waals surface area contributed by atoms with Crippen molar-refractivity contribution >= 4 is 39.7 Å². The van der Waals surface area contributed by atoms with E-state index in [1.165, 1.54) is 11.9 Å². The topological polar surface area (TPSA) is 124 Å². The maximum atomic E-state index is 12.7. The minimum Gasteiger partial charge on any atom is -0.446 e. The van der Waals surface area contributed by atoms with Gasteiger partial charge in [-0.05, 0) is 55.9 Å². The Morgan fingerprint density at radius 3 is 2.72 bits per heavy atom. The number of aromatic nitrogens is 5. The highest BCUT2D eigenvalue weighted by Crippen LogP contribution is 2.31. The molecule has 2 aromatic carbocycles. The molecule has 3 aromatic heterocycles. The van der Waals surface area contributed by atoms with Gasteiger partial charge in [-0.1, -0.05) is 37.3 Å². The summed E-state index contributed by atoms with van der Waals surface area (Å²) in [6.07, 6.45) is 8.63. The van der Waals surface area contributed by atoms with Crippen LogP contribution in [0.1, 0.15) is 43.7 Å². The number of aryl methyl sites for hydroxylation is 1. The molecule has 6 rings (SSSR count). The SMILES string of the molecule is CCc1c(NC(=O)OC2CCC(N)CC2)cn2ncnc(Nc3ccc4c(cnn4Cc4ccccc4)c3)c12. The van der Waals surface area contributed by atoms with Gasteiger partial charge >= 0.3 is 6.09 Å². The summed E-state index contributed by atoms with van der Waals surface area (Å²) in [4.78, 5) is 17.2. The van der Waals surface area contributed by atoms with Gasteiger partial charge in [-0.15, -0.1) is 0 Å². The Hall–Kier alpha value is -4.44. The van der Waals surface area contributed by atoms with E-state index in [1.54, 1.807) is 10.7 Å². The van der Waals surface area contributed by atoms with Gasteiger partial charge in [0, 0.05) is 22.7 Å². The molecule has 1 aliphatic rings. The second kappa shape index (κ2) is 10.7. The molecular weight excluding hydrogens is 492 g/mol. The predicted octanol–water partition coefficient (Wildman–Crippen LogP) is 5.25. The minimum atomic E-state index is -0.457.